The van der Waals surface area contributed by atoms with E-state index in [1.165, 1.54) is 215 Å². The van der Waals surface area contributed by atoms with E-state index in [1.807, 2.05) is 6.92 Å². The molecule has 0 aliphatic carbocycles. The van der Waals surface area contributed by atoms with E-state index >= 15 is 0 Å². The first-order chi connectivity index (χ1) is 68.6. The second-order valence-electron chi connectivity index (χ2n) is 32.2. The summed E-state index contributed by atoms with van der Waals surface area (Å²) < 4.78 is 313. The minimum atomic E-state index is -0.943. The average molecular weight is 2050 g/mol. The summed E-state index contributed by atoms with van der Waals surface area (Å²) in [6, 6.07) is 29.4. The Kier molecular flexibility index (Phi) is 66.9. The lowest BCUT2D eigenvalue weighted by molar-refractivity contribution is 0.285. The van der Waals surface area contributed by atoms with Crippen LogP contribution in [0.25, 0.3) is 0 Å². The van der Waals surface area contributed by atoms with Crippen molar-refractivity contribution in [3.05, 3.63) is 356 Å². The Morgan fingerprint density at radius 1 is 0.174 bits per heavy atom. The Balaban J connectivity index is 0.000000801. The van der Waals surface area contributed by atoms with Crippen molar-refractivity contribution in [1.29, 1.82) is 0 Å². The average Bonchev–Trinajstić information content (AvgIpc) is 0.706. The quantitative estimate of drug-likeness (QED) is 0.0209. The summed E-state index contributed by atoms with van der Waals surface area (Å²) in [5.41, 5.74) is 2.85. The van der Waals surface area contributed by atoms with Gasteiger partial charge < -0.3 is 47.4 Å². The molecule has 0 aliphatic heterocycles. The molecule has 0 amide bonds. The van der Waals surface area contributed by atoms with E-state index in [0.717, 1.165) is 116 Å². The van der Waals surface area contributed by atoms with Gasteiger partial charge >= 0.3 is 0 Å². The summed E-state index contributed by atoms with van der Waals surface area (Å²) in [6.45, 7) is 44.2. The van der Waals surface area contributed by atoms with E-state index < -0.39 is 116 Å². The monoisotopic (exact) mass is 2050 g/mol. The standard InChI is InChI=1S/3C13H18F2O.2C12H16F2O.C11H12F2O.4C10H10F2O/c3*1-3-4-5-6-9-16-11-8-7-10(2)12(14)13(11)15;2*1-3-4-5-8-15-10-7-6-9(2)11(13)12(10)14;1-3-4-7-14-9-6-5-8(2)10(12)11(9)13;4*1-3-6-13-8-5-4-7(2)9(11)10(8)12/h3*7-8H,3-6,9H2,1-2H3;2*6-7H,3-5,8H2,1-2H3;3-6H,7H2,1-2H3;4*3-5H,1,6H2,2H3/b;;;;;4-3-;;;;. The molecular formula is C114H138F20O10. The van der Waals surface area contributed by atoms with Gasteiger partial charge in [0.15, 0.2) is 116 Å². The molecular weight excluding hydrogens is 1910 g/mol. The SMILES string of the molecule is C/C=C\COc1ccc(C)c(F)c1F.C=CCOc1ccc(C)c(F)c1F.C=CCOc1ccc(C)c(F)c1F.C=CCOc1ccc(C)c(F)c1F.C=CCOc1ccc(C)c(F)c1F.CCCCCCOc1ccc(C)c(F)c1F.CCCCCCOc1ccc(C)c(F)c1F.CCCCCCOc1ccc(C)c(F)c1F.CCCCCOc1ccc(C)c(F)c1F.CCCCCOc1ccc(C)c(F)c1F. The molecule has 794 valence electrons. The van der Waals surface area contributed by atoms with Gasteiger partial charge in [0, 0.05) is 0 Å². The molecule has 0 spiro atoms. The van der Waals surface area contributed by atoms with Gasteiger partial charge in [-0.15, -0.1) is 0 Å². The highest BCUT2D eigenvalue weighted by Crippen LogP contribution is 2.32. The molecule has 10 aromatic carbocycles. The van der Waals surface area contributed by atoms with Gasteiger partial charge in [-0.25, -0.2) is 43.9 Å². The van der Waals surface area contributed by atoms with Crippen LogP contribution in [-0.4, -0.2) is 66.1 Å². The van der Waals surface area contributed by atoms with Crippen LogP contribution in [0.5, 0.6) is 57.5 Å². The molecule has 10 nitrogen and oxygen atoms in total. The summed E-state index contributed by atoms with van der Waals surface area (Å²) >= 11 is 0. The zero-order chi connectivity index (χ0) is 108. The molecule has 10 aromatic rings. The van der Waals surface area contributed by atoms with E-state index in [0.29, 0.717) is 60.9 Å². The second-order valence-corrected chi connectivity index (χ2v) is 32.2. The third-order valence-corrected chi connectivity index (χ3v) is 20.2. The molecule has 0 saturated heterocycles. The molecule has 0 heterocycles. The Bertz CT molecular complexity index is 5010. The van der Waals surface area contributed by atoms with Crippen LogP contribution in [0.2, 0.25) is 0 Å². The molecule has 0 unspecified atom stereocenters. The number of hydrogen-bond donors (Lipinski definition) is 0. The molecule has 30 heteroatoms. The first kappa shape index (κ1) is 130. The zero-order valence-electron chi connectivity index (χ0n) is 85.3. The fraction of sp³-hybridized carbons (Fsp3) is 0.386. The summed E-state index contributed by atoms with van der Waals surface area (Å²) in [7, 11) is 0. The molecule has 10 rings (SSSR count). The number of allylic oxidation sites excluding steroid dienone is 1. The zero-order valence-corrected chi connectivity index (χ0v) is 85.3. The summed E-state index contributed by atoms with van der Waals surface area (Å²) in [5.74, 6) is -17.8. The van der Waals surface area contributed by atoms with E-state index in [-0.39, 0.29) is 118 Å². The van der Waals surface area contributed by atoms with Crippen molar-refractivity contribution in [1.82, 2.24) is 0 Å². The first-order valence-electron chi connectivity index (χ1n) is 47.4. The van der Waals surface area contributed by atoms with Crippen molar-refractivity contribution in [2.75, 3.05) is 66.1 Å². The van der Waals surface area contributed by atoms with E-state index in [9.17, 15) is 87.8 Å². The largest absolute Gasteiger partial charge is 0.490 e. The van der Waals surface area contributed by atoms with E-state index in [1.54, 1.807) is 12.2 Å². The van der Waals surface area contributed by atoms with Crippen LogP contribution in [0.4, 0.5) is 87.8 Å². The molecule has 0 aliphatic rings. The van der Waals surface area contributed by atoms with Crippen LogP contribution in [-0.2, 0) is 0 Å². The van der Waals surface area contributed by atoms with Gasteiger partial charge in [0.25, 0.3) is 0 Å². The normalized spacial score (nSPS) is 10.2. The lowest BCUT2D eigenvalue weighted by atomic mass is 10.2. The Labute approximate surface area is 837 Å². The number of hydrogen-bond acceptors (Lipinski definition) is 10. The predicted octanol–water partition coefficient (Wildman–Crippen LogP) is 35.0. The minimum absolute atomic E-state index is 0.00852. The lowest BCUT2D eigenvalue weighted by Crippen LogP contribution is -2.01. The van der Waals surface area contributed by atoms with Crippen LogP contribution in [0.1, 0.15) is 213 Å². The number of halogens is 20. The molecule has 0 aromatic heterocycles. The fourth-order valence-corrected chi connectivity index (χ4v) is 11.4. The second kappa shape index (κ2) is 74.4. The van der Waals surface area contributed by atoms with Crippen molar-refractivity contribution in [2.24, 2.45) is 0 Å². The van der Waals surface area contributed by atoms with Crippen molar-refractivity contribution < 1.29 is 135 Å². The van der Waals surface area contributed by atoms with Crippen LogP contribution < -0.4 is 47.4 Å². The van der Waals surface area contributed by atoms with E-state index in [4.69, 9.17) is 47.4 Å². The van der Waals surface area contributed by atoms with Gasteiger partial charge in [0.2, 0.25) is 58.2 Å². The number of ether oxygens (including phenoxy) is 10. The van der Waals surface area contributed by atoms with Crippen LogP contribution >= 0.6 is 0 Å². The Hall–Kier alpha value is -12.5. The van der Waals surface area contributed by atoms with Gasteiger partial charge in [0.05, 0.1) is 33.0 Å². The van der Waals surface area contributed by atoms with Crippen molar-refractivity contribution in [3.8, 4) is 57.5 Å². The molecule has 0 bridgehead atoms. The molecule has 0 N–H and O–H groups in total. The van der Waals surface area contributed by atoms with Crippen molar-refractivity contribution in [2.45, 2.75) is 226 Å². The fourth-order valence-electron chi connectivity index (χ4n) is 11.4. The van der Waals surface area contributed by atoms with Crippen LogP contribution in [0.3, 0.4) is 0 Å². The van der Waals surface area contributed by atoms with Crippen molar-refractivity contribution in [3.63, 3.8) is 0 Å². The van der Waals surface area contributed by atoms with Gasteiger partial charge in [-0.3, -0.25) is 0 Å². The number of aryl methyl sites for hydroxylation is 10. The maximum absolute atomic E-state index is 13.3. The molecule has 0 fully saturated rings. The maximum Gasteiger partial charge on any atom is 0.200 e. The third kappa shape index (κ3) is 47.8. The highest BCUT2D eigenvalue weighted by Gasteiger charge is 2.21. The molecule has 0 saturated carbocycles. The van der Waals surface area contributed by atoms with Gasteiger partial charge in [-0.05, 0) is 225 Å². The Morgan fingerprint density at radius 3 is 0.431 bits per heavy atom. The Morgan fingerprint density at radius 2 is 0.299 bits per heavy atom. The molecule has 144 heavy (non-hydrogen) atoms. The predicted molar refractivity (Wildman–Crippen MR) is 533 cm³/mol. The van der Waals surface area contributed by atoms with E-state index in [2.05, 4.69) is 60.9 Å². The number of unbranched alkanes of at least 4 members (excludes halogenated alkanes) is 13. The minimum Gasteiger partial charge on any atom is -0.490 e. The lowest BCUT2D eigenvalue weighted by Gasteiger charge is -2.08. The molecule has 0 atom stereocenters. The molecule has 0 radical (unpaired) electrons. The maximum atomic E-state index is 13.3. The smallest absolute Gasteiger partial charge is 0.200 e. The first-order valence-corrected chi connectivity index (χ1v) is 47.4. The summed E-state index contributed by atoms with van der Waals surface area (Å²) in [5, 5.41) is 0. The summed E-state index contributed by atoms with van der Waals surface area (Å²) in [6.07, 6.45) is 28.0. The van der Waals surface area contributed by atoms with Gasteiger partial charge in [0.1, 0.15) is 33.0 Å². The van der Waals surface area contributed by atoms with Crippen LogP contribution in [0, 0.1) is 186 Å². The highest BCUT2D eigenvalue weighted by molar-refractivity contribution is 5.38. The van der Waals surface area contributed by atoms with Crippen LogP contribution in [0.15, 0.2) is 184 Å². The number of benzene rings is 10. The third-order valence-electron chi connectivity index (χ3n) is 20.2. The van der Waals surface area contributed by atoms with Gasteiger partial charge in [-0.2, -0.15) is 43.9 Å². The topological polar surface area (TPSA) is 92.3 Å². The number of rotatable bonds is 43. The van der Waals surface area contributed by atoms with Gasteiger partial charge in [-0.1, -0.05) is 242 Å². The highest BCUT2D eigenvalue weighted by atomic mass is 19.2. The van der Waals surface area contributed by atoms with Crippen molar-refractivity contribution >= 4 is 0 Å². The summed E-state index contributed by atoms with van der Waals surface area (Å²) in [4.78, 5) is 0.